The van der Waals surface area contributed by atoms with Gasteiger partial charge in [-0.2, -0.15) is 0 Å². The fourth-order valence-corrected chi connectivity index (χ4v) is 4.20. The van der Waals surface area contributed by atoms with Crippen LogP contribution >= 0.6 is 11.3 Å². The molecule has 0 bridgehead atoms. The number of anilines is 1. The summed E-state index contributed by atoms with van der Waals surface area (Å²) in [6.45, 7) is 7.79. The smallest absolute Gasteiger partial charge is 0.128 e. The highest BCUT2D eigenvalue weighted by atomic mass is 32.1. The number of aromatic nitrogens is 2. The van der Waals surface area contributed by atoms with Crippen LogP contribution in [0.15, 0.2) is 29.8 Å². The number of rotatable bonds is 3. The molecule has 2 aromatic rings. The zero-order chi connectivity index (χ0) is 14.3. The molecule has 1 spiro atoms. The standard InChI is InChI=1S/C16H20N4S/c1-13-18-14(9-21-13)8-19-7-5-16(10-19)11-20(12-16)15-4-2-3-6-17-15/h2-4,6,9H,5,7-8,10-12H2,1H3. The van der Waals surface area contributed by atoms with E-state index in [9.17, 15) is 0 Å². The van der Waals surface area contributed by atoms with E-state index in [0.717, 1.165) is 25.5 Å². The van der Waals surface area contributed by atoms with Gasteiger partial charge in [-0.05, 0) is 32.0 Å². The lowest BCUT2D eigenvalue weighted by Crippen LogP contribution is -2.58. The summed E-state index contributed by atoms with van der Waals surface area (Å²) in [4.78, 5) is 14.0. The van der Waals surface area contributed by atoms with E-state index in [1.54, 1.807) is 11.3 Å². The summed E-state index contributed by atoms with van der Waals surface area (Å²) in [6, 6.07) is 6.16. The van der Waals surface area contributed by atoms with Crippen molar-refractivity contribution in [3.05, 3.63) is 40.5 Å². The Bertz CT molecular complexity index is 618. The van der Waals surface area contributed by atoms with Gasteiger partial charge in [-0.15, -0.1) is 11.3 Å². The minimum Gasteiger partial charge on any atom is -0.355 e. The second-order valence-corrected chi connectivity index (χ2v) is 7.42. The first-order valence-corrected chi connectivity index (χ1v) is 8.40. The molecule has 4 heterocycles. The quantitative estimate of drug-likeness (QED) is 0.872. The number of hydrogen-bond acceptors (Lipinski definition) is 5. The SMILES string of the molecule is Cc1nc(CN2CCC3(C2)CN(c2ccccn2)C3)cs1. The number of pyridine rings is 1. The average molecular weight is 300 g/mol. The van der Waals surface area contributed by atoms with E-state index in [1.165, 1.54) is 30.2 Å². The Morgan fingerprint density at radius 3 is 2.90 bits per heavy atom. The topological polar surface area (TPSA) is 32.3 Å². The summed E-state index contributed by atoms with van der Waals surface area (Å²) in [6.07, 6.45) is 3.19. The molecule has 21 heavy (non-hydrogen) atoms. The second-order valence-electron chi connectivity index (χ2n) is 6.36. The van der Waals surface area contributed by atoms with Crippen molar-refractivity contribution in [2.24, 2.45) is 5.41 Å². The summed E-state index contributed by atoms with van der Waals surface area (Å²) in [7, 11) is 0. The molecule has 0 radical (unpaired) electrons. The zero-order valence-electron chi connectivity index (χ0n) is 12.3. The number of thiazole rings is 1. The Balaban J connectivity index is 1.35. The summed E-state index contributed by atoms with van der Waals surface area (Å²) >= 11 is 1.75. The Morgan fingerprint density at radius 1 is 1.29 bits per heavy atom. The highest BCUT2D eigenvalue weighted by Crippen LogP contribution is 2.41. The molecule has 2 aromatic heterocycles. The highest BCUT2D eigenvalue weighted by Gasteiger charge is 2.47. The lowest BCUT2D eigenvalue weighted by molar-refractivity contribution is 0.200. The maximum absolute atomic E-state index is 4.58. The van der Waals surface area contributed by atoms with Gasteiger partial charge in [0.15, 0.2) is 0 Å². The van der Waals surface area contributed by atoms with Crippen molar-refractivity contribution in [1.29, 1.82) is 0 Å². The minimum absolute atomic E-state index is 0.489. The van der Waals surface area contributed by atoms with E-state index in [1.807, 2.05) is 12.3 Å². The second kappa shape index (κ2) is 5.07. The van der Waals surface area contributed by atoms with Gasteiger partial charge in [0.25, 0.3) is 0 Å². The number of nitrogens with zero attached hydrogens (tertiary/aromatic N) is 4. The highest BCUT2D eigenvalue weighted by molar-refractivity contribution is 7.09. The maximum Gasteiger partial charge on any atom is 0.128 e. The Morgan fingerprint density at radius 2 is 2.19 bits per heavy atom. The Hall–Kier alpha value is -1.46. The van der Waals surface area contributed by atoms with Crippen molar-refractivity contribution in [1.82, 2.24) is 14.9 Å². The average Bonchev–Trinajstić information content (AvgIpc) is 3.05. The molecule has 0 aliphatic carbocycles. The van der Waals surface area contributed by atoms with Crippen LogP contribution in [-0.2, 0) is 6.54 Å². The van der Waals surface area contributed by atoms with Crippen LogP contribution in [-0.4, -0.2) is 41.0 Å². The molecule has 2 fully saturated rings. The van der Waals surface area contributed by atoms with Gasteiger partial charge in [-0.1, -0.05) is 6.07 Å². The van der Waals surface area contributed by atoms with Crippen molar-refractivity contribution in [3.63, 3.8) is 0 Å². The van der Waals surface area contributed by atoms with Crippen LogP contribution in [0.3, 0.4) is 0 Å². The van der Waals surface area contributed by atoms with E-state index in [4.69, 9.17) is 0 Å². The van der Waals surface area contributed by atoms with Crippen molar-refractivity contribution in [3.8, 4) is 0 Å². The first kappa shape index (κ1) is 13.2. The number of likely N-dealkylation sites (tertiary alicyclic amines) is 1. The van der Waals surface area contributed by atoms with Crippen molar-refractivity contribution in [2.75, 3.05) is 31.1 Å². The van der Waals surface area contributed by atoms with Gasteiger partial charge < -0.3 is 4.90 Å². The molecule has 5 heteroatoms. The summed E-state index contributed by atoms with van der Waals surface area (Å²) in [5.41, 5.74) is 1.72. The van der Waals surface area contributed by atoms with Crippen LogP contribution < -0.4 is 4.90 Å². The van der Waals surface area contributed by atoms with Crippen molar-refractivity contribution >= 4 is 17.2 Å². The minimum atomic E-state index is 0.489. The van der Waals surface area contributed by atoms with E-state index < -0.39 is 0 Å². The summed E-state index contributed by atoms with van der Waals surface area (Å²) < 4.78 is 0. The molecule has 0 aromatic carbocycles. The van der Waals surface area contributed by atoms with Crippen LogP contribution in [0.4, 0.5) is 5.82 Å². The molecule has 4 rings (SSSR count). The summed E-state index contributed by atoms with van der Waals surface area (Å²) in [5.74, 6) is 1.12. The van der Waals surface area contributed by atoms with Crippen molar-refractivity contribution < 1.29 is 0 Å². The van der Waals surface area contributed by atoms with E-state index in [-0.39, 0.29) is 0 Å². The molecule has 0 N–H and O–H groups in total. The lowest BCUT2D eigenvalue weighted by atomic mass is 9.79. The van der Waals surface area contributed by atoms with Crippen LogP contribution in [0.1, 0.15) is 17.1 Å². The van der Waals surface area contributed by atoms with Gasteiger partial charge in [0, 0.05) is 43.2 Å². The molecule has 2 aliphatic heterocycles. The largest absolute Gasteiger partial charge is 0.355 e. The third kappa shape index (κ3) is 2.56. The molecule has 0 atom stereocenters. The molecular formula is C16H20N4S. The Kier molecular flexibility index (Phi) is 3.19. The monoisotopic (exact) mass is 300 g/mol. The number of hydrogen-bond donors (Lipinski definition) is 0. The maximum atomic E-state index is 4.58. The molecule has 0 saturated carbocycles. The van der Waals surface area contributed by atoms with E-state index in [0.29, 0.717) is 5.41 Å². The van der Waals surface area contributed by atoms with Crippen LogP contribution in [0, 0.1) is 12.3 Å². The van der Waals surface area contributed by atoms with Gasteiger partial charge in [0.05, 0.1) is 10.7 Å². The molecule has 0 unspecified atom stereocenters. The van der Waals surface area contributed by atoms with E-state index >= 15 is 0 Å². The van der Waals surface area contributed by atoms with Gasteiger partial charge in [-0.25, -0.2) is 9.97 Å². The molecular weight excluding hydrogens is 280 g/mol. The molecule has 2 aliphatic rings. The van der Waals surface area contributed by atoms with Crippen molar-refractivity contribution in [2.45, 2.75) is 19.9 Å². The molecule has 110 valence electrons. The van der Waals surface area contributed by atoms with Gasteiger partial charge in [-0.3, -0.25) is 4.90 Å². The van der Waals surface area contributed by atoms with Gasteiger partial charge in [0.2, 0.25) is 0 Å². The molecule has 0 amide bonds. The fourth-order valence-electron chi connectivity index (χ4n) is 3.60. The third-order valence-corrected chi connectivity index (χ3v) is 5.42. The predicted octanol–water partition coefficient (Wildman–Crippen LogP) is 2.56. The van der Waals surface area contributed by atoms with Gasteiger partial charge in [0.1, 0.15) is 5.82 Å². The van der Waals surface area contributed by atoms with Crippen LogP contribution in [0.25, 0.3) is 0 Å². The number of aryl methyl sites for hydroxylation is 1. The Labute approximate surface area is 129 Å². The van der Waals surface area contributed by atoms with Crippen LogP contribution in [0.5, 0.6) is 0 Å². The summed E-state index contributed by atoms with van der Waals surface area (Å²) in [5, 5.41) is 3.37. The first-order valence-electron chi connectivity index (χ1n) is 7.52. The molecule has 2 saturated heterocycles. The normalized spacial score (nSPS) is 20.9. The zero-order valence-corrected chi connectivity index (χ0v) is 13.1. The fraction of sp³-hybridized carbons (Fsp3) is 0.500. The third-order valence-electron chi connectivity index (χ3n) is 4.60. The van der Waals surface area contributed by atoms with E-state index in [2.05, 4.69) is 44.2 Å². The van der Waals surface area contributed by atoms with Crippen LogP contribution in [0.2, 0.25) is 0 Å². The molecule has 4 nitrogen and oxygen atoms in total. The lowest BCUT2D eigenvalue weighted by Gasteiger charge is -2.48. The predicted molar refractivity (Wildman–Crippen MR) is 85.6 cm³/mol. The van der Waals surface area contributed by atoms with Gasteiger partial charge >= 0.3 is 0 Å². The first-order chi connectivity index (χ1) is 10.2.